The summed E-state index contributed by atoms with van der Waals surface area (Å²) in [6.45, 7) is 5.89. The highest BCUT2D eigenvalue weighted by atomic mass is 16.5. The molecule has 0 radical (unpaired) electrons. The van der Waals surface area contributed by atoms with Gasteiger partial charge >= 0.3 is 5.97 Å². The van der Waals surface area contributed by atoms with Crippen molar-refractivity contribution >= 4 is 17.8 Å². The highest BCUT2D eigenvalue weighted by Gasteiger charge is 2.40. The van der Waals surface area contributed by atoms with E-state index in [-0.39, 0.29) is 18.4 Å². The van der Waals surface area contributed by atoms with Crippen LogP contribution >= 0.6 is 0 Å². The number of nitrogens with zero attached hydrogens (tertiary/aromatic N) is 1. The highest BCUT2D eigenvalue weighted by molar-refractivity contribution is 5.98. The van der Waals surface area contributed by atoms with Gasteiger partial charge in [0, 0.05) is 44.0 Å². The molecule has 0 spiro atoms. The van der Waals surface area contributed by atoms with Crippen molar-refractivity contribution in [2.24, 2.45) is 5.41 Å². The lowest BCUT2D eigenvalue weighted by Gasteiger charge is -2.33. The van der Waals surface area contributed by atoms with Gasteiger partial charge in [0.15, 0.2) is 0 Å². The SMILES string of the molecule is CCN(CC)C(=O)c1ccc(C(=O)NCC2(C(=O)O)CCOCC2)cc1. The number of nitrogens with one attached hydrogen (secondary N) is 1. The normalized spacial score (nSPS) is 15.9. The van der Waals surface area contributed by atoms with Gasteiger partial charge in [-0.05, 0) is 51.0 Å². The van der Waals surface area contributed by atoms with E-state index in [0.717, 1.165) is 0 Å². The molecule has 1 aromatic carbocycles. The number of carbonyl (C=O) groups excluding carboxylic acids is 2. The summed E-state index contributed by atoms with van der Waals surface area (Å²) in [5.41, 5.74) is -0.0579. The smallest absolute Gasteiger partial charge is 0.311 e. The minimum Gasteiger partial charge on any atom is -0.481 e. The first kappa shape index (κ1) is 19.9. The largest absolute Gasteiger partial charge is 0.481 e. The highest BCUT2D eigenvalue weighted by Crippen LogP contribution is 2.30. The lowest BCUT2D eigenvalue weighted by Crippen LogP contribution is -2.46. The molecule has 0 unspecified atom stereocenters. The van der Waals surface area contributed by atoms with Gasteiger partial charge in [-0.25, -0.2) is 0 Å². The molecule has 1 heterocycles. The minimum atomic E-state index is -0.980. The van der Waals surface area contributed by atoms with E-state index in [2.05, 4.69) is 5.32 Å². The fourth-order valence-corrected chi connectivity index (χ4v) is 3.04. The predicted molar refractivity (Wildman–Crippen MR) is 96.1 cm³/mol. The van der Waals surface area contributed by atoms with Gasteiger partial charge in [0.1, 0.15) is 0 Å². The molecule has 2 rings (SSSR count). The number of rotatable bonds is 7. The number of carboxylic acids is 1. The van der Waals surface area contributed by atoms with Crippen molar-refractivity contribution in [2.45, 2.75) is 26.7 Å². The predicted octanol–water partition coefficient (Wildman–Crippen LogP) is 1.78. The molecule has 142 valence electrons. The Morgan fingerprint density at radius 2 is 1.62 bits per heavy atom. The molecule has 0 bridgehead atoms. The fraction of sp³-hybridized carbons (Fsp3) is 0.526. The molecule has 0 aliphatic carbocycles. The Morgan fingerprint density at radius 1 is 1.08 bits per heavy atom. The molecule has 26 heavy (non-hydrogen) atoms. The van der Waals surface area contributed by atoms with Crippen LogP contribution in [0.3, 0.4) is 0 Å². The zero-order valence-corrected chi connectivity index (χ0v) is 15.3. The number of hydrogen-bond acceptors (Lipinski definition) is 4. The van der Waals surface area contributed by atoms with Crippen LogP contribution in [-0.4, -0.2) is 60.6 Å². The maximum absolute atomic E-state index is 12.3. The molecule has 1 aromatic rings. The zero-order valence-electron chi connectivity index (χ0n) is 15.3. The van der Waals surface area contributed by atoms with Gasteiger partial charge in [0.05, 0.1) is 5.41 Å². The quantitative estimate of drug-likeness (QED) is 0.771. The Bertz CT molecular complexity index is 646. The van der Waals surface area contributed by atoms with Crippen LogP contribution in [0.1, 0.15) is 47.4 Å². The van der Waals surface area contributed by atoms with Crippen molar-refractivity contribution in [1.82, 2.24) is 10.2 Å². The van der Waals surface area contributed by atoms with Crippen LogP contribution in [-0.2, 0) is 9.53 Å². The summed E-state index contributed by atoms with van der Waals surface area (Å²) in [6, 6.07) is 6.42. The Balaban J connectivity index is 2.01. The van der Waals surface area contributed by atoms with Crippen molar-refractivity contribution in [3.8, 4) is 0 Å². The van der Waals surface area contributed by atoms with Crippen LogP contribution in [0.25, 0.3) is 0 Å². The molecule has 1 aliphatic heterocycles. The number of carbonyl (C=O) groups is 3. The molecule has 2 amide bonds. The molecule has 7 heteroatoms. The van der Waals surface area contributed by atoms with E-state index in [9.17, 15) is 19.5 Å². The van der Waals surface area contributed by atoms with E-state index in [0.29, 0.717) is 50.3 Å². The van der Waals surface area contributed by atoms with Gasteiger partial charge in [0.25, 0.3) is 11.8 Å². The molecule has 0 saturated carbocycles. The molecule has 0 atom stereocenters. The first-order valence-corrected chi connectivity index (χ1v) is 8.92. The van der Waals surface area contributed by atoms with Crippen LogP contribution in [0.4, 0.5) is 0 Å². The molecule has 1 saturated heterocycles. The van der Waals surface area contributed by atoms with Crippen LogP contribution < -0.4 is 5.32 Å². The molecule has 1 aliphatic rings. The Morgan fingerprint density at radius 3 is 2.12 bits per heavy atom. The van der Waals surface area contributed by atoms with Gasteiger partial charge in [0.2, 0.25) is 0 Å². The molecule has 0 aromatic heterocycles. The van der Waals surface area contributed by atoms with Crippen molar-refractivity contribution in [2.75, 3.05) is 32.8 Å². The second-order valence-electron chi connectivity index (χ2n) is 6.44. The number of ether oxygens (including phenoxy) is 1. The lowest BCUT2D eigenvalue weighted by molar-refractivity contribution is -0.154. The molecular formula is C19H26N2O5. The van der Waals surface area contributed by atoms with E-state index >= 15 is 0 Å². The summed E-state index contributed by atoms with van der Waals surface area (Å²) in [5, 5.41) is 12.2. The van der Waals surface area contributed by atoms with E-state index in [1.165, 1.54) is 0 Å². The number of benzene rings is 1. The fourth-order valence-electron chi connectivity index (χ4n) is 3.04. The van der Waals surface area contributed by atoms with Gasteiger partial charge in [-0.2, -0.15) is 0 Å². The maximum atomic E-state index is 12.3. The summed E-state index contributed by atoms with van der Waals surface area (Å²) >= 11 is 0. The van der Waals surface area contributed by atoms with Crippen molar-refractivity contribution in [3.63, 3.8) is 0 Å². The summed E-state index contributed by atoms with van der Waals surface area (Å²) in [7, 11) is 0. The Hall–Kier alpha value is -2.41. The maximum Gasteiger partial charge on any atom is 0.311 e. The molecule has 2 N–H and O–H groups in total. The molecule has 7 nitrogen and oxygen atoms in total. The second kappa shape index (κ2) is 8.80. The third kappa shape index (κ3) is 4.40. The second-order valence-corrected chi connectivity index (χ2v) is 6.44. The van der Waals surface area contributed by atoms with Gasteiger partial charge < -0.3 is 20.1 Å². The first-order chi connectivity index (χ1) is 12.4. The lowest BCUT2D eigenvalue weighted by atomic mass is 9.80. The summed E-state index contributed by atoms with van der Waals surface area (Å²) in [4.78, 5) is 38.0. The summed E-state index contributed by atoms with van der Waals surface area (Å²) in [6.07, 6.45) is 0.750. The van der Waals surface area contributed by atoms with Crippen molar-refractivity contribution in [1.29, 1.82) is 0 Å². The number of carboxylic acid groups (broad SMARTS) is 1. The van der Waals surface area contributed by atoms with Gasteiger partial charge in [-0.3, -0.25) is 14.4 Å². The van der Waals surface area contributed by atoms with E-state index in [1.807, 2.05) is 13.8 Å². The zero-order chi connectivity index (χ0) is 19.2. The van der Waals surface area contributed by atoms with Gasteiger partial charge in [-0.1, -0.05) is 0 Å². The third-order valence-electron chi connectivity index (χ3n) is 4.94. The average Bonchev–Trinajstić information content (AvgIpc) is 2.67. The third-order valence-corrected chi connectivity index (χ3v) is 4.94. The first-order valence-electron chi connectivity index (χ1n) is 8.92. The van der Waals surface area contributed by atoms with Crippen LogP contribution in [0, 0.1) is 5.41 Å². The molecule has 1 fully saturated rings. The average molecular weight is 362 g/mol. The van der Waals surface area contributed by atoms with Crippen molar-refractivity contribution in [3.05, 3.63) is 35.4 Å². The van der Waals surface area contributed by atoms with Crippen LogP contribution in [0.15, 0.2) is 24.3 Å². The minimum absolute atomic E-state index is 0.0602. The van der Waals surface area contributed by atoms with E-state index in [4.69, 9.17) is 4.74 Å². The summed E-state index contributed by atoms with van der Waals surface area (Å²) < 4.78 is 5.23. The standard InChI is InChI=1S/C19H26N2O5/c1-3-21(4-2)17(23)15-7-5-14(6-8-15)16(22)20-13-19(18(24)25)9-11-26-12-10-19/h5-8H,3-4,9-13H2,1-2H3,(H,20,22)(H,24,25). The molecular weight excluding hydrogens is 336 g/mol. The Kier molecular flexibility index (Phi) is 6.74. The number of aliphatic carboxylic acids is 1. The van der Waals surface area contributed by atoms with Crippen molar-refractivity contribution < 1.29 is 24.2 Å². The summed E-state index contributed by atoms with van der Waals surface area (Å²) in [5.74, 6) is -1.34. The topological polar surface area (TPSA) is 95.9 Å². The van der Waals surface area contributed by atoms with Crippen LogP contribution in [0.2, 0.25) is 0 Å². The number of hydrogen-bond donors (Lipinski definition) is 2. The van der Waals surface area contributed by atoms with E-state index in [1.54, 1.807) is 29.2 Å². The Labute approximate surface area is 153 Å². The van der Waals surface area contributed by atoms with E-state index < -0.39 is 11.4 Å². The van der Waals surface area contributed by atoms with Crippen LogP contribution in [0.5, 0.6) is 0 Å². The monoisotopic (exact) mass is 362 g/mol. The van der Waals surface area contributed by atoms with Gasteiger partial charge in [-0.15, -0.1) is 0 Å². The number of amides is 2.